The van der Waals surface area contributed by atoms with E-state index in [-0.39, 0.29) is 11.9 Å². The van der Waals surface area contributed by atoms with Gasteiger partial charge in [-0.3, -0.25) is 14.7 Å². The summed E-state index contributed by atoms with van der Waals surface area (Å²) in [6, 6.07) is 15.8. The van der Waals surface area contributed by atoms with Crippen molar-refractivity contribution in [2.45, 2.75) is 44.8 Å². The minimum absolute atomic E-state index is 0.0488. The van der Waals surface area contributed by atoms with Gasteiger partial charge in [0.25, 0.3) is 5.91 Å². The van der Waals surface area contributed by atoms with E-state index in [0.29, 0.717) is 23.2 Å². The molecule has 0 radical (unpaired) electrons. The Morgan fingerprint density at radius 1 is 1.12 bits per heavy atom. The molecule has 0 spiro atoms. The lowest BCUT2D eigenvalue weighted by molar-refractivity contribution is -0.124. The van der Waals surface area contributed by atoms with Gasteiger partial charge in [0.2, 0.25) is 0 Å². The van der Waals surface area contributed by atoms with Crippen LogP contribution in [0.5, 0.6) is 11.5 Å². The zero-order valence-electron chi connectivity index (χ0n) is 19.1. The Balaban J connectivity index is 1.37. The van der Waals surface area contributed by atoms with E-state index in [2.05, 4.69) is 10.3 Å². The van der Waals surface area contributed by atoms with Gasteiger partial charge < -0.3 is 14.8 Å². The maximum atomic E-state index is 13.1. The van der Waals surface area contributed by atoms with Gasteiger partial charge in [-0.25, -0.2) is 0 Å². The van der Waals surface area contributed by atoms with Crippen molar-refractivity contribution < 1.29 is 14.3 Å². The van der Waals surface area contributed by atoms with Crippen LogP contribution >= 0.6 is 12.2 Å². The number of amides is 1. The highest BCUT2D eigenvalue weighted by Gasteiger charge is 2.36. The number of carbonyl (C=O) groups is 1. The van der Waals surface area contributed by atoms with Crippen LogP contribution < -0.4 is 14.8 Å². The Morgan fingerprint density at radius 3 is 2.76 bits per heavy atom. The summed E-state index contributed by atoms with van der Waals surface area (Å²) < 4.78 is 11.7. The third kappa shape index (κ3) is 4.48. The van der Waals surface area contributed by atoms with Gasteiger partial charge in [-0.1, -0.05) is 43.5 Å². The molecule has 1 N–H and O–H groups in total. The predicted molar refractivity (Wildman–Crippen MR) is 136 cm³/mol. The van der Waals surface area contributed by atoms with Crippen molar-refractivity contribution in [2.24, 2.45) is 0 Å². The first-order valence-corrected chi connectivity index (χ1v) is 12.0. The topological polar surface area (TPSA) is 63.7 Å². The number of nitrogens with one attached hydrogen (secondary N) is 1. The van der Waals surface area contributed by atoms with Gasteiger partial charge >= 0.3 is 0 Å². The lowest BCUT2D eigenvalue weighted by atomic mass is 9.94. The van der Waals surface area contributed by atoms with E-state index in [1.807, 2.05) is 54.6 Å². The van der Waals surface area contributed by atoms with Crippen LogP contribution in [0, 0.1) is 0 Å². The second kappa shape index (κ2) is 9.81. The molecule has 0 unspecified atom stereocenters. The highest BCUT2D eigenvalue weighted by molar-refractivity contribution is 7.80. The lowest BCUT2D eigenvalue weighted by Crippen LogP contribution is -2.41. The van der Waals surface area contributed by atoms with E-state index in [9.17, 15) is 4.79 Å². The number of carbonyl (C=O) groups excluding carboxylic acids is 1. The Morgan fingerprint density at radius 2 is 1.94 bits per heavy atom. The average molecular weight is 474 g/mol. The SMILES string of the molecule is COc1ccc(C=C2NC(=S)N(C3CCCCC3)C2=O)cc1COc1cccc2cccnc12. The molecule has 2 heterocycles. The van der Waals surface area contributed by atoms with Gasteiger partial charge in [-0.15, -0.1) is 0 Å². The zero-order valence-corrected chi connectivity index (χ0v) is 19.9. The molecule has 34 heavy (non-hydrogen) atoms. The Hall–Kier alpha value is -3.45. The van der Waals surface area contributed by atoms with Crippen molar-refractivity contribution in [2.75, 3.05) is 7.11 Å². The van der Waals surface area contributed by atoms with Gasteiger partial charge in [0.1, 0.15) is 29.3 Å². The fourth-order valence-electron chi connectivity index (χ4n) is 4.74. The number of methoxy groups -OCH3 is 1. The standard InChI is InChI=1S/C27H27N3O3S/c1-32-23-13-12-18(16-22-26(31)30(27(34)29-22)21-9-3-2-4-10-21)15-20(23)17-33-24-11-5-7-19-8-6-14-28-25(19)24/h5-8,11-16,21H,2-4,9-10,17H2,1H3,(H,29,34). The number of hydrogen-bond donors (Lipinski definition) is 1. The lowest BCUT2D eigenvalue weighted by Gasteiger charge is -2.29. The molecule has 2 aliphatic rings. The summed E-state index contributed by atoms with van der Waals surface area (Å²) in [5.41, 5.74) is 3.08. The van der Waals surface area contributed by atoms with Crippen molar-refractivity contribution in [3.63, 3.8) is 0 Å². The van der Waals surface area contributed by atoms with Crippen molar-refractivity contribution in [1.82, 2.24) is 15.2 Å². The highest BCUT2D eigenvalue weighted by Crippen LogP contribution is 2.29. The van der Waals surface area contributed by atoms with Crippen LogP contribution in [0.4, 0.5) is 0 Å². The monoisotopic (exact) mass is 473 g/mol. The molecule has 1 aliphatic heterocycles. The van der Waals surface area contributed by atoms with Crippen LogP contribution in [0.2, 0.25) is 0 Å². The van der Waals surface area contributed by atoms with Gasteiger partial charge in [-0.05, 0) is 61.0 Å². The van der Waals surface area contributed by atoms with Crippen LogP contribution in [-0.2, 0) is 11.4 Å². The van der Waals surface area contributed by atoms with Crippen molar-refractivity contribution in [3.05, 3.63) is 71.6 Å². The molecule has 0 atom stereocenters. The van der Waals surface area contributed by atoms with Crippen molar-refractivity contribution >= 4 is 40.2 Å². The quantitative estimate of drug-likeness (QED) is 0.392. The van der Waals surface area contributed by atoms with E-state index in [1.54, 1.807) is 18.2 Å². The number of ether oxygens (including phenoxy) is 2. The fourth-order valence-corrected chi connectivity index (χ4v) is 5.08. The van der Waals surface area contributed by atoms with Crippen LogP contribution in [0.25, 0.3) is 17.0 Å². The van der Waals surface area contributed by atoms with E-state index < -0.39 is 0 Å². The zero-order chi connectivity index (χ0) is 23.5. The molecule has 3 aromatic rings. The van der Waals surface area contributed by atoms with Gasteiger partial charge in [-0.2, -0.15) is 0 Å². The van der Waals surface area contributed by atoms with Gasteiger partial charge in [0.15, 0.2) is 5.11 Å². The minimum atomic E-state index is -0.0488. The van der Waals surface area contributed by atoms with Gasteiger partial charge in [0, 0.05) is 23.2 Å². The number of hydrogen-bond acceptors (Lipinski definition) is 5. The number of rotatable bonds is 6. The molecule has 1 amide bonds. The Labute approximate surface area is 204 Å². The number of aromatic nitrogens is 1. The summed E-state index contributed by atoms with van der Waals surface area (Å²) in [4.78, 5) is 19.3. The summed E-state index contributed by atoms with van der Waals surface area (Å²) in [5, 5.41) is 4.65. The number of thiocarbonyl (C=S) groups is 1. The normalized spacial score (nSPS) is 17.9. The van der Waals surface area contributed by atoms with E-state index in [1.165, 1.54) is 6.42 Å². The van der Waals surface area contributed by atoms with Crippen LogP contribution in [-0.4, -0.2) is 34.1 Å². The Kier molecular flexibility index (Phi) is 6.45. The third-order valence-electron chi connectivity index (χ3n) is 6.44. The molecule has 6 nitrogen and oxygen atoms in total. The molecule has 0 bridgehead atoms. The van der Waals surface area contributed by atoms with E-state index in [4.69, 9.17) is 21.7 Å². The second-order valence-electron chi connectivity index (χ2n) is 8.65. The first-order valence-electron chi connectivity index (χ1n) is 11.6. The summed E-state index contributed by atoms with van der Waals surface area (Å²) in [6.45, 7) is 0.309. The molecule has 174 valence electrons. The molecule has 1 aromatic heterocycles. The number of fused-ring (bicyclic) bond motifs is 1. The smallest absolute Gasteiger partial charge is 0.276 e. The van der Waals surface area contributed by atoms with Crippen LogP contribution in [0.3, 0.4) is 0 Å². The third-order valence-corrected chi connectivity index (χ3v) is 6.74. The molecule has 1 aliphatic carbocycles. The summed E-state index contributed by atoms with van der Waals surface area (Å²) in [7, 11) is 1.64. The number of nitrogens with zero attached hydrogens (tertiary/aromatic N) is 2. The summed E-state index contributed by atoms with van der Waals surface area (Å²) >= 11 is 5.50. The summed E-state index contributed by atoms with van der Waals surface area (Å²) in [5.74, 6) is 1.39. The van der Waals surface area contributed by atoms with Crippen LogP contribution in [0.15, 0.2) is 60.4 Å². The first kappa shape index (κ1) is 22.3. The number of benzene rings is 2. The Bertz CT molecular complexity index is 1260. The fraction of sp³-hybridized carbons (Fsp3) is 0.296. The molecule has 1 saturated carbocycles. The number of pyridine rings is 1. The molecule has 1 saturated heterocycles. The average Bonchev–Trinajstić information content (AvgIpc) is 3.15. The molecular weight excluding hydrogens is 446 g/mol. The minimum Gasteiger partial charge on any atom is -0.496 e. The first-order chi connectivity index (χ1) is 16.6. The highest BCUT2D eigenvalue weighted by atomic mass is 32.1. The molecule has 5 rings (SSSR count). The van der Waals surface area contributed by atoms with E-state index >= 15 is 0 Å². The van der Waals surface area contributed by atoms with Crippen molar-refractivity contribution in [1.29, 1.82) is 0 Å². The number of para-hydroxylation sites is 1. The van der Waals surface area contributed by atoms with Crippen molar-refractivity contribution in [3.8, 4) is 11.5 Å². The van der Waals surface area contributed by atoms with Gasteiger partial charge in [0.05, 0.1) is 7.11 Å². The maximum absolute atomic E-state index is 13.1. The maximum Gasteiger partial charge on any atom is 0.276 e. The molecular formula is C27H27N3O3S. The predicted octanol–water partition coefficient (Wildman–Crippen LogP) is 5.21. The van der Waals surface area contributed by atoms with Crippen LogP contribution in [0.1, 0.15) is 43.2 Å². The molecule has 2 fully saturated rings. The summed E-state index contributed by atoms with van der Waals surface area (Å²) in [6.07, 6.45) is 9.14. The molecule has 7 heteroatoms. The largest absolute Gasteiger partial charge is 0.496 e. The molecule has 2 aromatic carbocycles. The second-order valence-corrected chi connectivity index (χ2v) is 9.03. The van der Waals surface area contributed by atoms with E-state index in [0.717, 1.165) is 53.5 Å².